The van der Waals surface area contributed by atoms with Gasteiger partial charge >= 0.3 is 0 Å². The Balaban J connectivity index is 1.21. The highest BCUT2D eigenvalue weighted by Crippen LogP contribution is 2.29. The molecule has 252 valence electrons. The predicted molar refractivity (Wildman–Crippen MR) is 185 cm³/mol. The van der Waals surface area contributed by atoms with Crippen LogP contribution in [0.15, 0.2) is 54.0 Å². The molecule has 0 radical (unpaired) electrons. The van der Waals surface area contributed by atoms with Gasteiger partial charge in [0.25, 0.3) is 5.91 Å². The number of carbonyl (C=O) groups excluding carboxylic acids is 3. The second-order valence-electron chi connectivity index (χ2n) is 13.5. The van der Waals surface area contributed by atoms with E-state index in [2.05, 4.69) is 25.4 Å². The standard InChI is InChI=1S/C35H47N7O4S/c1-23-30(47-22-38-23)25-7-5-24(6-8-25)20-37-33(45)29-19-28(43)21-42(29)34(46)31(35(2,3)4)39-32(44)26-9-11-27(12-10-26)41-17-15-40(14-13-36)16-18-41/h5-12,22,28-29,31,43H,13-21,36H2,1-4H3,(H,37,45)(H,39,44)/t28-,29+,31-/m1/s1. The highest BCUT2D eigenvalue weighted by molar-refractivity contribution is 7.13. The van der Waals surface area contributed by atoms with Crippen LogP contribution in [-0.2, 0) is 16.1 Å². The number of carbonyl (C=O) groups is 3. The van der Waals surface area contributed by atoms with Crippen molar-refractivity contribution >= 4 is 34.7 Å². The fourth-order valence-electron chi connectivity index (χ4n) is 6.23. The summed E-state index contributed by atoms with van der Waals surface area (Å²) >= 11 is 1.59. The zero-order chi connectivity index (χ0) is 33.7. The minimum atomic E-state index is -0.909. The van der Waals surface area contributed by atoms with Crippen LogP contribution in [0.5, 0.6) is 0 Å². The largest absolute Gasteiger partial charge is 0.391 e. The summed E-state index contributed by atoms with van der Waals surface area (Å²) in [6.45, 7) is 13.1. The van der Waals surface area contributed by atoms with E-state index in [4.69, 9.17) is 5.73 Å². The van der Waals surface area contributed by atoms with Crippen LogP contribution in [-0.4, -0.2) is 102 Å². The molecule has 11 nitrogen and oxygen atoms in total. The smallest absolute Gasteiger partial charge is 0.251 e. The van der Waals surface area contributed by atoms with Crippen LogP contribution in [0.1, 0.15) is 48.8 Å². The number of anilines is 1. The Morgan fingerprint density at radius 1 is 1.04 bits per heavy atom. The second-order valence-corrected chi connectivity index (χ2v) is 14.4. The molecule has 2 aromatic carbocycles. The number of aromatic nitrogens is 1. The topological polar surface area (TPSA) is 144 Å². The molecule has 0 bridgehead atoms. The van der Waals surface area contributed by atoms with Crippen LogP contribution in [0, 0.1) is 12.3 Å². The number of nitrogens with zero attached hydrogens (tertiary/aromatic N) is 4. The predicted octanol–water partition coefficient (Wildman–Crippen LogP) is 2.62. The van der Waals surface area contributed by atoms with E-state index in [-0.39, 0.29) is 37.2 Å². The van der Waals surface area contributed by atoms with Crippen molar-refractivity contribution in [3.63, 3.8) is 0 Å². The third-order valence-corrected chi connectivity index (χ3v) is 9.97. The van der Waals surface area contributed by atoms with E-state index in [1.807, 2.05) is 69.6 Å². The highest BCUT2D eigenvalue weighted by Gasteiger charge is 2.44. The van der Waals surface area contributed by atoms with Gasteiger partial charge in [-0.1, -0.05) is 45.0 Å². The van der Waals surface area contributed by atoms with Crippen molar-refractivity contribution in [2.24, 2.45) is 11.1 Å². The first-order valence-electron chi connectivity index (χ1n) is 16.3. The number of piperazine rings is 1. The minimum absolute atomic E-state index is 0.0233. The van der Waals surface area contributed by atoms with Crippen LogP contribution in [0.3, 0.4) is 0 Å². The number of β-amino-alcohol motifs (C(OH)–C–C–N with tert-alkyl or cyclic N) is 1. The Hall–Kier alpha value is -3.84. The summed E-state index contributed by atoms with van der Waals surface area (Å²) in [4.78, 5) is 52.3. The number of nitrogens with two attached hydrogens (primary N) is 1. The van der Waals surface area contributed by atoms with E-state index in [9.17, 15) is 19.5 Å². The van der Waals surface area contributed by atoms with Gasteiger partial charge in [-0.15, -0.1) is 11.3 Å². The van der Waals surface area contributed by atoms with Gasteiger partial charge in [-0.05, 0) is 47.7 Å². The number of nitrogens with one attached hydrogen (secondary N) is 2. The summed E-state index contributed by atoms with van der Waals surface area (Å²) in [5.41, 5.74) is 11.3. The summed E-state index contributed by atoms with van der Waals surface area (Å²) < 4.78 is 0. The molecule has 0 aliphatic carbocycles. The number of aliphatic hydroxyl groups is 1. The van der Waals surface area contributed by atoms with Gasteiger partial charge in [0.1, 0.15) is 12.1 Å². The number of hydrogen-bond donors (Lipinski definition) is 4. The third kappa shape index (κ3) is 8.36. The lowest BCUT2D eigenvalue weighted by molar-refractivity contribution is -0.142. The van der Waals surface area contributed by atoms with Gasteiger partial charge in [0.2, 0.25) is 11.8 Å². The van der Waals surface area contributed by atoms with E-state index in [1.54, 1.807) is 23.5 Å². The molecule has 3 heterocycles. The van der Waals surface area contributed by atoms with E-state index < -0.39 is 23.6 Å². The van der Waals surface area contributed by atoms with Crippen molar-refractivity contribution in [1.82, 2.24) is 25.4 Å². The molecular weight excluding hydrogens is 614 g/mol. The van der Waals surface area contributed by atoms with Crippen molar-refractivity contribution in [3.8, 4) is 10.4 Å². The lowest BCUT2D eigenvalue weighted by atomic mass is 9.85. The maximum atomic E-state index is 14.0. The monoisotopic (exact) mass is 661 g/mol. The lowest BCUT2D eigenvalue weighted by Crippen LogP contribution is -2.57. The summed E-state index contributed by atoms with van der Waals surface area (Å²) in [5.74, 6) is -1.09. The fraction of sp³-hybridized carbons (Fsp3) is 0.486. The van der Waals surface area contributed by atoms with Gasteiger partial charge in [-0.3, -0.25) is 19.3 Å². The summed E-state index contributed by atoms with van der Waals surface area (Å²) in [6, 6.07) is 13.6. The number of thiazole rings is 1. The van der Waals surface area contributed by atoms with Crippen molar-refractivity contribution < 1.29 is 19.5 Å². The lowest BCUT2D eigenvalue weighted by Gasteiger charge is -2.36. The minimum Gasteiger partial charge on any atom is -0.391 e. The molecule has 5 N–H and O–H groups in total. The number of aliphatic hydroxyl groups excluding tert-OH is 1. The average Bonchev–Trinajstić information content (AvgIpc) is 3.67. The van der Waals surface area contributed by atoms with Crippen LogP contribution in [0.25, 0.3) is 10.4 Å². The molecule has 0 unspecified atom stereocenters. The summed E-state index contributed by atoms with van der Waals surface area (Å²) in [7, 11) is 0. The molecule has 5 rings (SSSR count). The van der Waals surface area contributed by atoms with Crippen LogP contribution in [0.4, 0.5) is 5.69 Å². The van der Waals surface area contributed by atoms with E-state index in [0.29, 0.717) is 12.1 Å². The van der Waals surface area contributed by atoms with Crippen LogP contribution in [0.2, 0.25) is 0 Å². The maximum absolute atomic E-state index is 14.0. The Morgan fingerprint density at radius 3 is 2.32 bits per heavy atom. The normalized spacial score (nSPS) is 19.4. The molecule has 0 spiro atoms. The molecule has 3 aromatic rings. The summed E-state index contributed by atoms with van der Waals surface area (Å²) in [6.07, 6.45) is -0.703. The van der Waals surface area contributed by atoms with Crippen molar-refractivity contribution in [1.29, 1.82) is 0 Å². The first-order chi connectivity index (χ1) is 22.4. The van der Waals surface area contributed by atoms with Gasteiger partial charge in [0, 0.05) is 70.0 Å². The number of hydrogen-bond acceptors (Lipinski definition) is 9. The zero-order valence-corrected chi connectivity index (χ0v) is 28.6. The van der Waals surface area contributed by atoms with Crippen LogP contribution >= 0.6 is 11.3 Å². The molecule has 3 amide bonds. The van der Waals surface area contributed by atoms with Gasteiger partial charge in [0.15, 0.2) is 0 Å². The molecule has 0 saturated carbocycles. The molecule has 2 aliphatic heterocycles. The Bertz CT molecular complexity index is 1530. The molecule has 12 heteroatoms. The molecule has 47 heavy (non-hydrogen) atoms. The number of likely N-dealkylation sites (tertiary alicyclic amines) is 1. The fourth-order valence-corrected chi connectivity index (χ4v) is 7.04. The van der Waals surface area contributed by atoms with Crippen LogP contribution < -0.4 is 21.3 Å². The molecule has 2 saturated heterocycles. The Morgan fingerprint density at radius 2 is 1.72 bits per heavy atom. The number of rotatable bonds is 10. The Kier molecular flexibility index (Phi) is 11.0. The van der Waals surface area contributed by atoms with E-state index in [1.165, 1.54) is 4.90 Å². The van der Waals surface area contributed by atoms with E-state index >= 15 is 0 Å². The first-order valence-corrected chi connectivity index (χ1v) is 17.2. The third-order valence-electron chi connectivity index (χ3n) is 8.99. The first kappa shape index (κ1) is 34.5. The van der Waals surface area contributed by atoms with Gasteiger partial charge < -0.3 is 31.3 Å². The molecule has 1 aromatic heterocycles. The van der Waals surface area contributed by atoms with Crippen molar-refractivity contribution in [2.45, 2.75) is 58.8 Å². The second kappa shape index (κ2) is 14.9. The molecule has 3 atom stereocenters. The molecule has 2 fully saturated rings. The Labute approximate surface area is 281 Å². The van der Waals surface area contributed by atoms with Gasteiger partial charge in [0.05, 0.1) is 22.2 Å². The summed E-state index contributed by atoms with van der Waals surface area (Å²) in [5, 5.41) is 16.4. The van der Waals surface area contributed by atoms with Crippen molar-refractivity contribution in [2.75, 3.05) is 50.7 Å². The zero-order valence-electron chi connectivity index (χ0n) is 27.7. The van der Waals surface area contributed by atoms with Crippen molar-refractivity contribution in [3.05, 3.63) is 70.9 Å². The maximum Gasteiger partial charge on any atom is 0.251 e. The van der Waals surface area contributed by atoms with Gasteiger partial charge in [-0.25, -0.2) is 4.98 Å². The van der Waals surface area contributed by atoms with E-state index in [0.717, 1.165) is 60.1 Å². The van der Waals surface area contributed by atoms with Gasteiger partial charge in [-0.2, -0.15) is 0 Å². The number of benzene rings is 2. The number of aryl methyl sites for hydroxylation is 1. The quantitative estimate of drug-likeness (QED) is 0.260. The highest BCUT2D eigenvalue weighted by atomic mass is 32.1. The molecule has 2 aliphatic rings. The average molecular weight is 662 g/mol. The molecular formula is C35H47N7O4S. The number of amides is 3. The SMILES string of the molecule is Cc1ncsc1-c1ccc(CNC(=O)[C@@H]2C[C@@H](O)CN2C(=O)[C@@H](NC(=O)c2ccc(N3CCN(CCN)CC3)cc2)C(C)(C)C)cc1.